The fourth-order valence-electron chi connectivity index (χ4n) is 3.62. The molecule has 158 valence electrons. The number of methoxy groups -OCH3 is 1. The largest absolute Gasteiger partial charge is 0.465 e. The molecule has 0 bridgehead atoms. The lowest BCUT2D eigenvalue weighted by Gasteiger charge is -2.25. The molecule has 0 unspecified atom stereocenters. The summed E-state index contributed by atoms with van der Waals surface area (Å²) in [7, 11) is 1.44. The number of esters is 1. The molecule has 0 atom stereocenters. The molecule has 0 fully saturated rings. The maximum absolute atomic E-state index is 12.2. The molecule has 0 aliphatic rings. The van der Waals surface area contributed by atoms with Crippen molar-refractivity contribution in [3.05, 3.63) is 95.3 Å². The molecule has 2 aromatic carbocycles. The van der Waals surface area contributed by atoms with Crippen molar-refractivity contribution in [3.8, 4) is 0 Å². The predicted octanol–water partition coefficient (Wildman–Crippen LogP) is 5.37. The van der Waals surface area contributed by atoms with Gasteiger partial charge in [0.25, 0.3) is 0 Å². The van der Waals surface area contributed by atoms with Crippen molar-refractivity contribution in [3.63, 3.8) is 0 Å². The van der Waals surface area contributed by atoms with Gasteiger partial charge in [0.2, 0.25) is 0 Å². The summed E-state index contributed by atoms with van der Waals surface area (Å²) < 4.78 is 7.30. The Morgan fingerprint density at radius 2 is 1.70 bits per heavy atom. The van der Waals surface area contributed by atoms with Crippen molar-refractivity contribution in [1.29, 1.82) is 0 Å². The van der Waals surface area contributed by atoms with Crippen molar-refractivity contribution < 1.29 is 9.53 Å². The van der Waals surface area contributed by atoms with Crippen LogP contribution in [-0.4, -0.2) is 29.1 Å². The van der Waals surface area contributed by atoms with Gasteiger partial charge in [0.15, 0.2) is 0 Å². The van der Waals surface area contributed by atoms with Gasteiger partial charge in [0, 0.05) is 31.5 Å². The third-order valence-corrected chi connectivity index (χ3v) is 5.34. The van der Waals surface area contributed by atoms with E-state index in [0.29, 0.717) is 18.0 Å². The normalized spacial score (nSPS) is 11.2. The molecule has 3 aromatic rings. The zero-order chi connectivity index (χ0) is 21.3. The van der Waals surface area contributed by atoms with E-state index in [2.05, 4.69) is 65.9 Å². The summed E-state index contributed by atoms with van der Waals surface area (Å²) in [6, 6.07) is 22.6. The van der Waals surface area contributed by atoms with E-state index < -0.39 is 0 Å². The fourth-order valence-corrected chi connectivity index (χ4v) is 3.62. The first-order chi connectivity index (χ1) is 14.6. The number of carbonyl (C=O) groups excluding carboxylic acids is 1. The first-order valence-electron chi connectivity index (χ1n) is 10.6. The number of aromatic nitrogens is 1. The van der Waals surface area contributed by atoms with Gasteiger partial charge in [-0.1, -0.05) is 62.4 Å². The standard InChI is InChI=1S/C26H32N2O2/c1-21(2)15-17-27(19-23-12-7-8-14-25(23)26(29)30-3)20-24-13-9-16-28(24)18-22-10-5-4-6-11-22/h4-14,16,21H,15,17-20H2,1-3H3. The van der Waals surface area contributed by atoms with Gasteiger partial charge in [-0.2, -0.15) is 0 Å². The molecule has 0 amide bonds. The smallest absolute Gasteiger partial charge is 0.338 e. The van der Waals surface area contributed by atoms with Crippen LogP contribution in [0.3, 0.4) is 0 Å². The molecule has 0 N–H and O–H groups in total. The van der Waals surface area contributed by atoms with E-state index in [1.165, 1.54) is 18.4 Å². The monoisotopic (exact) mass is 404 g/mol. The van der Waals surface area contributed by atoms with Crippen LogP contribution in [0.25, 0.3) is 0 Å². The number of rotatable bonds is 10. The summed E-state index contributed by atoms with van der Waals surface area (Å²) in [6.45, 7) is 7.89. The maximum atomic E-state index is 12.2. The lowest BCUT2D eigenvalue weighted by Crippen LogP contribution is -2.27. The molecule has 3 rings (SSSR count). The van der Waals surface area contributed by atoms with Gasteiger partial charge >= 0.3 is 5.97 Å². The van der Waals surface area contributed by atoms with E-state index in [9.17, 15) is 4.79 Å². The summed E-state index contributed by atoms with van der Waals surface area (Å²) in [5.74, 6) is 0.348. The zero-order valence-electron chi connectivity index (χ0n) is 18.3. The summed E-state index contributed by atoms with van der Waals surface area (Å²) in [4.78, 5) is 14.6. The molecule has 4 heteroatoms. The number of benzene rings is 2. The van der Waals surface area contributed by atoms with Crippen LogP contribution in [0.15, 0.2) is 72.9 Å². The molecular formula is C26H32N2O2. The minimum absolute atomic E-state index is 0.276. The van der Waals surface area contributed by atoms with Crippen LogP contribution in [0.2, 0.25) is 0 Å². The second kappa shape index (κ2) is 10.8. The molecule has 0 saturated carbocycles. The van der Waals surface area contributed by atoms with Gasteiger partial charge in [0.1, 0.15) is 0 Å². The lowest BCUT2D eigenvalue weighted by molar-refractivity contribution is 0.0598. The van der Waals surface area contributed by atoms with Gasteiger partial charge in [-0.05, 0) is 48.2 Å². The number of carbonyl (C=O) groups is 1. The minimum Gasteiger partial charge on any atom is -0.465 e. The molecule has 0 spiro atoms. The van der Waals surface area contributed by atoms with Crippen LogP contribution >= 0.6 is 0 Å². The Labute approximate surface area is 180 Å². The van der Waals surface area contributed by atoms with Crippen molar-refractivity contribution in [2.45, 2.75) is 39.9 Å². The average molecular weight is 405 g/mol. The summed E-state index contributed by atoms with van der Waals surface area (Å²) in [5.41, 5.74) is 4.22. The second-order valence-corrected chi connectivity index (χ2v) is 8.15. The SMILES string of the molecule is COC(=O)c1ccccc1CN(CCC(C)C)Cc1cccn1Cc1ccccc1. The van der Waals surface area contributed by atoms with E-state index >= 15 is 0 Å². The van der Waals surface area contributed by atoms with Crippen LogP contribution in [0.1, 0.15) is 47.4 Å². The van der Waals surface area contributed by atoms with E-state index in [-0.39, 0.29) is 5.97 Å². The Morgan fingerprint density at radius 3 is 2.43 bits per heavy atom. The van der Waals surface area contributed by atoms with Gasteiger partial charge in [-0.25, -0.2) is 4.79 Å². The van der Waals surface area contributed by atoms with E-state index in [1.807, 2.05) is 30.3 Å². The Morgan fingerprint density at radius 1 is 0.967 bits per heavy atom. The fraction of sp³-hybridized carbons (Fsp3) is 0.346. The van der Waals surface area contributed by atoms with E-state index in [4.69, 9.17) is 4.74 Å². The topological polar surface area (TPSA) is 34.5 Å². The second-order valence-electron chi connectivity index (χ2n) is 8.15. The Balaban J connectivity index is 1.79. The van der Waals surface area contributed by atoms with Crippen LogP contribution < -0.4 is 0 Å². The first kappa shape index (κ1) is 21.8. The number of nitrogens with zero attached hydrogens (tertiary/aromatic N) is 2. The van der Waals surface area contributed by atoms with Crippen molar-refractivity contribution in [1.82, 2.24) is 9.47 Å². The highest BCUT2D eigenvalue weighted by atomic mass is 16.5. The number of ether oxygens (including phenoxy) is 1. The zero-order valence-corrected chi connectivity index (χ0v) is 18.3. The summed E-state index contributed by atoms with van der Waals surface area (Å²) in [6.07, 6.45) is 3.26. The molecule has 0 radical (unpaired) electrons. The highest BCUT2D eigenvalue weighted by Crippen LogP contribution is 2.18. The van der Waals surface area contributed by atoms with Crippen LogP contribution in [0.5, 0.6) is 0 Å². The van der Waals surface area contributed by atoms with E-state index in [0.717, 1.165) is 31.6 Å². The average Bonchev–Trinajstić information content (AvgIpc) is 3.19. The molecule has 0 aliphatic carbocycles. The number of hydrogen-bond acceptors (Lipinski definition) is 3. The lowest BCUT2D eigenvalue weighted by atomic mass is 10.1. The van der Waals surface area contributed by atoms with E-state index in [1.54, 1.807) is 0 Å². The molecule has 30 heavy (non-hydrogen) atoms. The molecular weight excluding hydrogens is 372 g/mol. The molecule has 0 saturated heterocycles. The molecule has 4 nitrogen and oxygen atoms in total. The van der Waals surface area contributed by atoms with Crippen LogP contribution in [0.4, 0.5) is 0 Å². The first-order valence-corrected chi connectivity index (χ1v) is 10.6. The van der Waals surface area contributed by atoms with Gasteiger partial charge in [-0.15, -0.1) is 0 Å². The van der Waals surface area contributed by atoms with Gasteiger partial charge < -0.3 is 9.30 Å². The summed E-state index contributed by atoms with van der Waals surface area (Å²) >= 11 is 0. The highest BCUT2D eigenvalue weighted by molar-refractivity contribution is 5.90. The highest BCUT2D eigenvalue weighted by Gasteiger charge is 2.16. The van der Waals surface area contributed by atoms with Crippen LogP contribution in [0, 0.1) is 5.92 Å². The quantitative estimate of drug-likeness (QED) is 0.426. The van der Waals surface area contributed by atoms with Crippen molar-refractivity contribution in [2.24, 2.45) is 5.92 Å². The molecule has 1 aromatic heterocycles. The van der Waals surface area contributed by atoms with Gasteiger partial charge in [0.05, 0.1) is 12.7 Å². The molecule has 0 aliphatic heterocycles. The molecule has 1 heterocycles. The third kappa shape index (κ3) is 6.07. The number of hydrogen-bond donors (Lipinski definition) is 0. The Kier molecular flexibility index (Phi) is 7.86. The van der Waals surface area contributed by atoms with Crippen molar-refractivity contribution in [2.75, 3.05) is 13.7 Å². The van der Waals surface area contributed by atoms with Crippen LogP contribution in [-0.2, 0) is 24.4 Å². The van der Waals surface area contributed by atoms with Crippen molar-refractivity contribution >= 4 is 5.97 Å². The third-order valence-electron chi connectivity index (χ3n) is 5.34. The Bertz CT molecular complexity index is 931. The predicted molar refractivity (Wildman–Crippen MR) is 121 cm³/mol. The Hall–Kier alpha value is -2.85. The maximum Gasteiger partial charge on any atom is 0.338 e. The van der Waals surface area contributed by atoms with Gasteiger partial charge in [-0.3, -0.25) is 4.90 Å². The minimum atomic E-state index is -0.276. The summed E-state index contributed by atoms with van der Waals surface area (Å²) in [5, 5.41) is 0.